The molecule has 0 saturated carbocycles. The number of nitrogens with zero attached hydrogens (tertiary/aromatic N) is 4. The van der Waals surface area contributed by atoms with E-state index in [0.29, 0.717) is 11.8 Å². The summed E-state index contributed by atoms with van der Waals surface area (Å²) in [6.07, 6.45) is 25.2. The quantitative estimate of drug-likeness (QED) is 0.102. The third-order valence-electron chi connectivity index (χ3n) is 14.9. The Hall–Kier alpha value is -8.60. The number of hydrogen-bond acceptors (Lipinski definition) is 2. The van der Waals surface area contributed by atoms with Gasteiger partial charge in [0, 0.05) is 58.2 Å². The molecule has 0 unspecified atom stereocenters. The third-order valence-corrected chi connectivity index (χ3v) is 14.9. The van der Waals surface area contributed by atoms with E-state index in [1.54, 1.807) is 0 Å². The Morgan fingerprint density at radius 3 is 1.83 bits per heavy atom. The van der Waals surface area contributed by atoms with Crippen LogP contribution in [0.15, 0.2) is 249 Å². The topological polar surface area (TPSA) is 35.6 Å². The number of rotatable bonds is 14. The highest BCUT2D eigenvalue weighted by Crippen LogP contribution is 2.44. The lowest BCUT2D eigenvalue weighted by Gasteiger charge is -2.25. The molecule has 1 aliphatic carbocycles. The number of benzene rings is 7. The Morgan fingerprint density at radius 2 is 1.17 bits per heavy atom. The van der Waals surface area contributed by atoms with E-state index in [-0.39, 0.29) is 0 Å². The van der Waals surface area contributed by atoms with Crippen LogP contribution >= 0.6 is 0 Å². The van der Waals surface area contributed by atoms with Crippen LogP contribution in [0.25, 0.3) is 78.7 Å². The van der Waals surface area contributed by atoms with Crippen LogP contribution in [-0.2, 0) is 6.42 Å². The van der Waals surface area contributed by atoms with Gasteiger partial charge in [0.1, 0.15) is 11.6 Å². The van der Waals surface area contributed by atoms with Crippen molar-refractivity contribution < 1.29 is 0 Å². The fraction of sp³-hybridized carbons (Fsp3) is 0.167. The molecule has 9 aromatic rings. The maximum absolute atomic E-state index is 4.93. The molecule has 0 aliphatic heterocycles. The second-order valence-corrected chi connectivity index (χ2v) is 20.2. The average molecular weight is 991 g/mol. The maximum Gasteiger partial charge on any atom is 0.144 e. The molecule has 0 bridgehead atoms. The molecule has 4 nitrogen and oxygen atoms in total. The summed E-state index contributed by atoms with van der Waals surface area (Å²) < 4.78 is 4.56. The van der Waals surface area contributed by atoms with Crippen molar-refractivity contribution in [2.45, 2.75) is 68.2 Å². The Labute approximate surface area is 452 Å². The molecule has 0 saturated heterocycles. The fourth-order valence-corrected chi connectivity index (χ4v) is 10.4. The molecule has 0 spiro atoms. The van der Waals surface area contributed by atoms with E-state index in [9.17, 15) is 0 Å². The standard InChI is InChI=1S/C38H36N2.C34H34N2/c1-7-26(3)35(27(4)8-2)33-24-32(30-18-11-9-12-19-30)25-34(36-28(5)16-15-17-29(36)6)37(33)40-23-22-39-38(40)31-20-13-10-14-21-31;1-25(2)26(3)24-29-18-11-12-19-32(29)34-35-22-23-36(34)33-30(27-14-7-4-5-8-15-27)20-13-21-31(33)28-16-9-6-10-17-28/h7-25H,1H2,2-6H3;4,6-23,25-26H,5,24H2,1-3H3/b27-8-,35-26+;/t;26-/m.1/s1. The van der Waals surface area contributed by atoms with Gasteiger partial charge in [-0.2, -0.15) is 0 Å². The summed E-state index contributed by atoms with van der Waals surface area (Å²) in [4.78, 5) is 9.79. The van der Waals surface area contributed by atoms with Crippen LogP contribution in [0.4, 0.5) is 0 Å². The molecular weight excluding hydrogens is 921 g/mol. The summed E-state index contributed by atoms with van der Waals surface area (Å²) in [5.74, 6) is 3.12. The van der Waals surface area contributed by atoms with Gasteiger partial charge in [0.25, 0.3) is 0 Å². The molecule has 0 radical (unpaired) electrons. The van der Waals surface area contributed by atoms with Gasteiger partial charge in [-0.1, -0.05) is 222 Å². The van der Waals surface area contributed by atoms with Crippen molar-refractivity contribution in [3.05, 3.63) is 277 Å². The van der Waals surface area contributed by atoms with Crippen molar-refractivity contribution in [1.82, 2.24) is 19.1 Å². The van der Waals surface area contributed by atoms with Gasteiger partial charge in [-0.05, 0) is 133 Å². The van der Waals surface area contributed by atoms with Crippen molar-refractivity contribution in [1.29, 1.82) is 0 Å². The summed E-state index contributed by atoms with van der Waals surface area (Å²) in [6.45, 7) is 22.0. The van der Waals surface area contributed by atoms with Crippen molar-refractivity contribution >= 4 is 11.1 Å². The number of allylic oxidation sites excluding steroid dienone is 11. The largest absolute Gasteiger partial charge is 0.299 e. The third kappa shape index (κ3) is 11.2. The zero-order valence-corrected chi connectivity index (χ0v) is 45.5. The monoisotopic (exact) mass is 991 g/mol. The van der Waals surface area contributed by atoms with Crippen molar-refractivity contribution in [2.75, 3.05) is 0 Å². The highest BCUT2D eigenvalue weighted by molar-refractivity contribution is 5.95. The second kappa shape index (κ2) is 24.2. The van der Waals surface area contributed by atoms with Gasteiger partial charge >= 0.3 is 0 Å². The van der Waals surface area contributed by atoms with E-state index in [4.69, 9.17) is 9.97 Å². The molecule has 0 amide bonds. The van der Waals surface area contributed by atoms with E-state index in [0.717, 1.165) is 52.6 Å². The van der Waals surface area contributed by atoms with Crippen LogP contribution in [0, 0.1) is 25.7 Å². The van der Waals surface area contributed by atoms with Gasteiger partial charge in [-0.3, -0.25) is 9.13 Å². The summed E-state index contributed by atoms with van der Waals surface area (Å²) >= 11 is 0. The number of aromatic nitrogens is 4. The highest BCUT2D eigenvalue weighted by Gasteiger charge is 2.25. The minimum Gasteiger partial charge on any atom is -0.299 e. The molecule has 2 aromatic heterocycles. The van der Waals surface area contributed by atoms with Gasteiger partial charge in [0.15, 0.2) is 0 Å². The summed E-state index contributed by atoms with van der Waals surface area (Å²) in [6, 6.07) is 58.4. The molecule has 4 heteroatoms. The van der Waals surface area contributed by atoms with Crippen LogP contribution in [-0.4, -0.2) is 19.1 Å². The smallest absolute Gasteiger partial charge is 0.144 e. The Morgan fingerprint density at radius 1 is 0.592 bits per heavy atom. The summed E-state index contributed by atoms with van der Waals surface area (Å²) in [5.41, 5.74) is 22.7. The molecule has 0 fully saturated rings. The predicted molar refractivity (Wildman–Crippen MR) is 325 cm³/mol. The van der Waals surface area contributed by atoms with E-state index in [2.05, 4.69) is 278 Å². The molecule has 76 heavy (non-hydrogen) atoms. The van der Waals surface area contributed by atoms with Gasteiger partial charge in [-0.15, -0.1) is 0 Å². The maximum atomic E-state index is 4.93. The first-order chi connectivity index (χ1) is 37.1. The summed E-state index contributed by atoms with van der Waals surface area (Å²) in [5, 5.41) is 0. The van der Waals surface area contributed by atoms with Crippen LogP contribution in [0.2, 0.25) is 0 Å². The Kier molecular flexibility index (Phi) is 16.6. The van der Waals surface area contributed by atoms with Crippen LogP contribution in [0.5, 0.6) is 0 Å². The summed E-state index contributed by atoms with van der Waals surface area (Å²) in [7, 11) is 0. The number of para-hydroxylation sites is 1. The molecule has 378 valence electrons. The lowest BCUT2D eigenvalue weighted by Crippen LogP contribution is -2.09. The van der Waals surface area contributed by atoms with Crippen molar-refractivity contribution in [3.63, 3.8) is 0 Å². The first kappa shape index (κ1) is 52.3. The van der Waals surface area contributed by atoms with Gasteiger partial charge in [-0.25, -0.2) is 9.97 Å². The van der Waals surface area contributed by atoms with Gasteiger partial charge in [0.05, 0.1) is 11.4 Å². The molecule has 0 N–H and O–H groups in total. The fourth-order valence-electron chi connectivity index (χ4n) is 10.4. The molecule has 2 heterocycles. The zero-order valence-electron chi connectivity index (χ0n) is 45.5. The SMILES string of the molecule is C=C/C(C)=C(\C(C)=C/C)c1cc(-c2ccccc2)cc(-c2c(C)cccc2C)c1-n1ccnc1-c1ccccc1.CC(C)[C@H](C)Cc1ccccc1-c1nccn1-c1c(C2=CC=CCC=C2)cccc1-c1ccccc1. The van der Waals surface area contributed by atoms with Crippen LogP contribution in [0.1, 0.15) is 75.8 Å². The van der Waals surface area contributed by atoms with Gasteiger partial charge < -0.3 is 0 Å². The van der Waals surface area contributed by atoms with Crippen molar-refractivity contribution in [3.8, 4) is 67.5 Å². The number of hydrogen-bond donors (Lipinski definition) is 0. The minimum atomic E-state index is 0.592. The lowest BCUT2D eigenvalue weighted by molar-refractivity contribution is 0.417. The Balaban J connectivity index is 0.000000187. The van der Waals surface area contributed by atoms with Crippen LogP contribution in [0.3, 0.4) is 0 Å². The molecule has 1 atom stereocenters. The van der Waals surface area contributed by atoms with E-state index >= 15 is 0 Å². The molecule has 1 aliphatic rings. The van der Waals surface area contributed by atoms with Gasteiger partial charge in [0.2, 0.25) is 0 Å². The first-order valence-electron chi connectivity index (χ1n) is 26.8. The number of imidazole rings is 2. The highest BCUT2D eigenvalue weighted by atomic mass is 15.1. The molecule has 10 rings (SSSR count). The van der Waals surface area contributed by atoms with Crippen LogP contribution < -0.4 is 0 Å². The zero-order chi connectivity index (χ0) is 53.1. The molecular formula is C72H70N4. The normalized spacial score (nSPS) is 13.1. The molecule has 7 aromatic carbocycles. The van der Waals surface area contributed by atoms with E-state index in [1.807, 2.05) is 24.5 Å². The van der Waals surface area contributed by atoms with Crippen molar-refractivity contribution in [2.24, 2.45) is 11.8 Å². The van der Waals surface area contributed by atoms with E-state index in [1.165, 1.54) is 77.9 Å². The number of aryl methyl sites for hydroxylation is 2. The minimum absolute atomic E-state index is 0.592. The first-order valence-corrected chi connectivity index (χ1v) is 26.8. The average Bonchev–Trinajstić information content (AvgIpc) is 4.09. The van der Waals surface area contributed by atoms with E-state index < -0.39 is 0 Å². The lowest BCUT2D eigenvalue weighted by atomic mass is 9.84. The predicted octanol–water partition coefficient (Wildman–Crippen LogP) is 19.4. The second-order valence-electron chi connectivity index (χ2n) is 20.2. The Bertz CT molecular complexity index is 3610.